The topological polar surface area (TPSA) is 113 Å². The molecule has 6 N–H and O–H groups in total. The fourth-order valence-electron chi connectivity index (χ4n) is 2.05. The molecule has 1 aromatic carbocycles. The van der Waals surface area contributed by atoms with Gasteiger partial charge in [-0.2, -0.15) is 0 Å². The normalized spacial score (nSPS) is 19.7. The molecule has 0 amide bonds. The van der Waals surface area contributed by atoms with Crippen molar-refractivity contribution in [2.45, 2.75) is 43.8 Å². The van der Waals surface area contributed by atoms with Crippen LogP contribution in [0.3, 0.4) is 0 Å². The van der Waals surface area contributed by atoms with Gasteiger partial charge in [-0.1, -0.05) is 37.3 Å². The third-order valence-corrected chi connectivity index (χ3v) is 3.41. The number of rotatable bonds is 9. The van der Waals surface area contributed by atoms with Crippen LogP contribution in [0.4, 0.5) is 0 Å². The molecule has 0 saturated heterocycles. The quantitative estimate of drug-likeness (QED) is 0.355. The second-order valence-corrected chi connectivity index (χ2v) is 5.00. The molecule has 5 atom stereocenters. The van der Waals surface area contributed by atoms with Crippen molar-refractivity contribution in [2.24, 2.45) is 0 Å². The number of aliphatic hydroxyl groups excluding tert-OH is 5. The summed E-state index contributed by atoms with van der Waals surface area (Å²) in [5.74, 6) is 0. The van der Waals surface area contributed by atoms with Gasteiger partial charge in [-0.15, -0.1) is 0 Å². The summed E-state index contributed by atoms with van der Waals surface area (Å²) < 4.78 is 8.05. The standard InChI is InChI=1S/C15H25NO5/c1-2-11(10-6-4-3-5-7-10)16-8-12(18)14(20)15(21)13(19)9-17/h3-7,11-21H,2,8-9H2,1H3/t11?,12-,13+,14+,15+/m0/s1/i/hD. The van der Waals surface area contributed by atoms with Crippen LogP contribution in [-0.2, 0) is 0 Å². The molecule has 0 aliphatic heterocycles. The summed E-state index contributed by atoms with van der Waals surface area (Å²) in [6, 6.07) is 9.08. The minimum atomic E-state index is -1.68. The van der Waals surface area contributed by atoms with Crippen molar-refractivity contribution in [3.05, 3.63) is 35.9 Å². The van der Waals surface area contributed by atoms with E-state index in [-0.39, 0.29) is 12.6 Å². The van der Waals surface area contributed by atoms with Crippen molar-refractivity contribution in [2.75, 3.05) is 13.2 Å². The lowest BCUT2D eigenvalue weighted by Crippen LogP contribution is -2.49. The summed E-state index contributed by atoms with van der Waals surface area (Å²) in [6.45, 7) is 0.979. The molecule has 0 spiro atoms. The van der Waals surface area contributed by atoms with Crippen LogP contribution in [-0.4, -0.2) is 63.1 Å². The molecule has 120 valence electrons. The molecule has 1 aromatic rings. The average Bonchev–Trinajstić information content (AvgIpc) is 2.54. The van der Waals surface area contributed by atoms with Crippen LogP contribution in [0.15, 0.2) is 30.3 Å². The summed E-state index contributed by atoms with van der Waals surface area (Å²) in [6.07, 6.45) is -5.65. The summed E-state index contributed by atoms with van der Waals surface area (Å²) in [5, 5.41) is 48.5. The summed E-state index contributed by atoms with van der Waals surface area (Å²) in [7, 11) is 0. The largest absolute Gasteiger partial charge is 0.394 e. The maximum Gasteiger partial charge on any atom is 0.123 e. The van der Waals surface area contributed by atoms with Crippen molar-refractivity contribution in [3.63, 3.8) is 0 Å². The van der Waals surface area contributed by atoms with Gasteiger partial charge in [-0.25, -0.2) is 0 Å². The van der Waals surface area contributed by atoms with E-state index < -0.39 is 31.0 Å². The predicted molar refractivity (Wildman–Crippen MR) is 78.6 cm³/mol. The molecule has 1 unspecified atom stereocenters. The van der Waals surface area contributed by atoms with Gasteiger partial charge in [0.1, 0.15) is 19.7 Å². The van der Waals surface area contributed by atoms with Gasteiger partial charge in [0, 0.05) is 12.6 Å². The van der Waals surface area contributed by atoms with E-state index in [2.05, 4.69) is 0 Å². The Morgan fingerprint density at radius 1 is 1.05 bits per heavy atom. The molecule has 0 heterocycles. The molecule has 0 bridgehead atoms. The van der Waals surface area contributed by atoms with E-state index in [1.165, 1.54) is 0 Å². The van der Waals surface area contributed by atoms with E-state index in [0.717, 1.165) is 10.9 Å². The van der Waals surface area contributed by atoms with Crippen LogP contribution in [0, 0.1) is 0 Å². The molecular formula is C15H25NO5. The number of aliphatic hydroxyl groups is 5. The molecular weight excluding hydrogens is 274 g/mol. The maximum absolute atomic E-state index is 9.93. The molecule has 0 radical (unpaired) electrons. The smallest absolute Gasteiger partial charge is 0.123 e. The van der Waals surface area contributed by atoms with Gasteiger partial charge >= 0.3 is 0 Å². The number of hydrogen-bond acceptors (Lipinski definition) is 6. The second kappa shape index (κ2) is 9.09. The van der Waals surface area contributed by atoms with Crippen LogP contribution in [0.2, 0.25) is 1.41 Å². The first-order valence-electron chi connectivity index (χ1n) is 7.50. The number of nitrogens with one attached hydrogen (secondary N) is 1. The molecule has 0 fully saturated rings. The summed E-state index contributed by atoms with van der Waals surface area (Å²) in [4.78, 5) is 0. The number of hydrogen-bond donors (Lipinski definition) is 6. The molecule has 21 heavy (non-hydrogen) atoms. The summed E-state index contributed by atoms with van der Waals surface area (Å²) in [5.41, 5.74) is 0.914. The fourth-order valence-corrected chi connectivity index (χ4v) is 2.05. The van der Waals surface area contributed by atoms with Crippen molar-refractivity contribution < 1.29 is 26.9 Å². The first-order chi connectivity index (χ1) is 10.4. The molecule has 0 saturated carbocycles. The minimum Gasteiger partial charge on any atom is -0.394 e. The Morgan fingerprint density at radius 3 is 2.14 bits per heavy atom. The SMILES string of the molecule is [2H]N(C[C@H](O)[C@@H](O)[C@H](O)[C@H](O)CO)C(CC)c1ccccc1. The highest BCUT2D eigenvalue weighted by Gasteiger charge is 2.30. The van der Waals surface area contributed by atoms with Gasteiger partial charge in [0.25, 0.3) is 0 Å². The minimum absolute atomic E-state index is 0.205. The molecule has 0 aromatic heterocycles. The molecule has 0 aliphatic rings. The fraction of sp³-hybridized carbons (Fsp3) is 0.600. The van der Waals surface area contributed by atoms with Crippen LogP contribution in [0.5, 0.6) is 0 Å². The highest BCUT2D eigenvalue weighted by atomic mass is 16.4. The number of benzene rings is 1. The van der Waals surface area contributed by atoms with E-state index in [4.69, 9.17) is 6.52 Å². The third kappa shape index (κ3) is 5.35. The first-order valence-corrected chi connectivity index (χ1v) is 7.05. The lowest BCUT2D eigenvalue weighted by molar-refractivity contribution is -0.114. The third-order valence-electron chi connectivity index (χ3n) is 3.41. The Labute approximate surface area is 126 Å². The highest BCUT2D eigenvalue weighted by molar-refractivity contribution is 5.18. The van der Waals surface area contributed by atoms with Crippen molar-refractivity contribution in [1.82, 2.24) is 5.31 Å². The molecule has 6 nitrogen and oxygen atoms in total. The van der Waals surface area contributed by atoms with Crippen molar-refractivity contribution in [3.8, 4) is 0 Å². The van der Waals surface area contributed by atoms with Crippen LogP contribution < -0.4 is 5.31 Å². The van der Waals surface area contributed by atoms with E-state index in [1.54, 1.807) is 0 Å². The molecule has 1 rings (SSSR count). The average molecular weight is 300 g/mol. The van der Waals surface area contributed by atoms with Gasteiger partial charge < -0.3 is 30.8 Å². The monoisotopic (exact) mass is 300 g/mol. The molecule has 0 aliphatic carbocycles. The van der Waals surface area contributed by atoms with E-state index in [0.29, 0.717) is 6.42 Å². The Bertz CT molecular complexity index is 422. The first kappa shape index (κ1) is 16.4. The van der Waals surface area contributed by atoms with Crippen molar-refractivity contribution in [1.29, 1.82) is 0 Å². The van der Waals surface area contributed by atoms with Gasteiger partial charge in [0.05, 0.1) is 12.7 Å². The maximum atomic E-state index is 9.93. The van der Waals surface area contributed by atoms with Crippen LogP contribution >= 0.6 is 0 Å². The predicted octanol–water partition coefficient (Wildman–Crippen LogP) is -0.837. The van der Waals surface area contributed by atoms with Gasteiger partial charge in [-0.3, -0.25) is 0 Å². The molecule has 6 heteroatoms. The van der Waals surface area contributed by atoms with Crippen molar-refractivity contribution >= 4 is 0 Å². The van der Waals surface area contributed by atoms with E-state index in [1.807, 2.05) is 37.3 Å². The Balaban J connectivity index is 2.67. The van der Waals surface area contributed by atoms with Gasteiger partial charge in [0.2, 0.25) is 0 Å². The lowest BCUT2D eigenvalue weighted by Gasteiger charge is -2.27. The Hall–Kier alpha value is -1.02. The van der Waals surface area contributed by atoms with Gasteiger partial charge in [-0.05, 0) is 12.0 Å². The van der Waals surface area contributed by atoms with E-state index in [9.17, 15) is 20.4 Å². The lowest BCUT2D eigenvalue weighted by atomic mass is 10.0. The highest BCUT2D eigenvalue weighted by Crippen LogP contribution is 2.16. The zero-order chi connectivity index (χ0) is 16.7. The second-order valence-electron chi connectivity index (χ2n) is 5.00. The van der Waals surface area contributed by atoms with Crippen LogP contribution in [0.1, 0.15) is 24.9 Å². The zero-order valence-corrected chi connectivity index (χ0v) is 12.1. The Morgan fingerprint density at radius 2 is 1.62 bits per heavy atom. The zero-order valence-electron chi connectivity index (χ0n) is 13.1. The Kier molecular flexibility index (Phi) is 7.08. The summed E-state index contributed by atoms with van der Waals surface area (Å²) >= 11 is 0. The van der Waals surface area contributed by atoms with Gasteiger partial charge in [0.15, 0.2) is 0 Å². The van der Waals surface area contributed by atoms with E-state index >= 15 is 0 Å². The van der Waals surface area contributed by atoms with Crippen LogP contribution in [0.25, 0.3) is 0 Å².